The Bertz CT molecular complexity index is 72.9. The van der Waals surface area contributed by atoms with Gasteiger partial charge in [-0.25, -0.2) is 9.19 Å². The van der Waals surface area contributed by atoms with Crippen LogP contribution in [0.5, 0.6) is 0 Å². The van der Waals surface area contributed by atoms with E-state index in [0.717, 1.165) is 8.52 Å². The van der Waals surface area contributed by atoms with Crippen LogP contribution in [-0.2, 0) is 0 Å². The van der Waals surface area contributed by atoms with Crippen molar-refractivity contribution in [2.75, 3.05) is 14.1 Å². The molecule has 0 aromatic carbocycles. The molecule has 0 fully saturated rings. The summed E-state index contributed by atoms with van der Waals surface area (Å²) in [5.41, 5.74) is 0. The van der Waals surface area contributed by atoms with Gasteiger partial charge in [0.25, 0.3) is 0 Å². The summed E-state index contributed by atoms with van der Waals surface area (Å²) in [5, 5.41) is 0. The van der Waals surface area contributed by atoms with Crippen LogP contribution in [0.3, 0.4) is 0 Å². The molecule has 48 valence electrons. The van der Waals surface area contributed by atoms with Gasteiger partial charge in [-0.05, 0) is 14.1 Å². The van der Waals surface area contributed by atoms with Gasteiger partial charge in [0.15, 0.2) is 0 Å². The fraction of sp³-hybridized carbons (Fsp3) is 1.00. The Morgan fingerprint density at radius 1 is 1.75 bits per heavy atom. The van der Waals surface area contributed by atoms with Crippen LogP contribution in [0.15, 0.2) is 4.52 Å². The Labute approximate surface area is 55.7 Å². The summed E-state index contributed by atoms with van der Waals surface area (Å²) in [6, 6.07) is 0. The summed E-state index contributed by atoms with van der Waals surface area (Å²) in [7, 11) is 7.89. The van der Waals surface area contributed by atoms with Crippen molar-refractivity contribution in [1.82, 2.24) is 9.53 Å². The molecule has 2 atom stereocenters. The van der Waals surface area contributed by atoms with Crippen LogP contribution in [-0.4, -0.2) is 18.8 Å². The van der Waals surface area contributed by atoms with Crippen LogP contribution in [0, 0.1) is 0 Å². The molecule has 2 unspecified atom stereocenters. The lowest BCUT2D eigenvalue weighted by atomic mass is 11.3. The smallest absolute Gasteiger partial charge is 0.0979 e. The maximum Gasteiger partial charge on any atom is 0.0979 e. The van der Waals surface area contributed by atoms with E-state index in [9.17, 15) is 0 Å². The Balaban J connectivity index is 3.07. The molecule has 0 aliphatic rings. The lowest BCUT2D eigenvalue weighted by Crippen LogP contribution is -1.91. The average molecular weight is 169 g/mol. The fourth-order valence-electron chi connectivity index (χ4n) is 0.141. The second-order valence-corrected chi connectivity index (χ2v) is 4.45. The van der Waals surface area contributed by atoms with Crippen molar-refractivity contribution in [3.05, 3.63) is 0 Å². The number of hydrogen-bond acceptors (Lipinski definition) is 2. The zero-order valence-electron chi connectivity index (χ0n) is 4.92. The number of nitrogens with zero attached hydrogens (tertiary/aromatic N) is 2. The molecular weight excluding hydrogens is 159 g/mol. The maximum absolute atomic E-state index is 4.08. The minimum Gasteiger partial charge on any atom is -0.263 e. The molecule has 0 amide bonds. The molecule has 6 heteroatoms. The normalized spacial score (nSPS) is 13.0. The van der Waals surface area contributed by atoms with Crippen molar-refractivity contribution >= 4 is 26.8 Å². The van der Waals surface area contributed by atoms with E-state index >= 15 is 0 Å². The van der Waals surface area contributed by atoms with Crippen molar-refractivity contribution in [1.29, 1.82) is 0 Å². The topological polar surface area (TPSA) is 27.6 Å². The predicted molar refractivity (Wildman–Crippen MR) is 44.2 cm³/mol. The monoisotopic (exact) mass is 169 g/mol. The van der Waals surface area contributed by atoms with Gasteiger partial charge >= 0.3 is 0 Å². The molecular formula is C2H10N3P3. The lowest BCUT2D eigenvalue weighted by Gasteiger charge is -1.95. The third-order valence-electron chi connectivity index (χ3n) is 0.338. The van der Waals surface area contributed by atoms with Gasteiger partial charge in [-0.15, -0.1) is 0 Å². The molecule has 0 bridgehead atoms. The van der Waals surface area contributed by atoms with Crippen molar-refractivity contribution in [2.45, 2.75) is 0 Å². The van der Waals surface area contributed by atoms with E-state index in [0.29, 0.717) is 8.88 Å². The minimum absolute atomic E-state index is 0.492. The maximum atomic E-state index is 4.08. The van der Waals surface area contributed by atoms with E-state index in [-0.39, 0.29) is 0 Å². The Kier molecular flexibility index (Phi) is 6.67. The van der Waals surface area contributed by atoms with Gasteiger partial charge in [0, 0.05) is 0 Å². The van der Waals surface area contributed by atoms with Crippen LogP contribution < -0.4 is 4.86 Å². The molecule has 0 aliphatic heterocycles. The van der Waals surface area contributed by atoms with Crippen LogP contribution in [0.4, 0.5) is 0 Å². The fourth-order valence-corrected chi connectivity index (χ4v) is 1.79. The highest BCUT2D eigenvalue weighted by Crippen LogP contribution is 2.16. The first kappa shape index (κ1) is 8.88. The molecule has 0 aliphatic carbocycles. The minimum atomic E-state index is 0.492. The van der Waals surface area contributed by atoms with Crippen LogP contribution in [0.25, 0.3) is 0 Å². The van der Waals surface area contributed by atoms with Crippen LogP contribution >= 0.6 is 26.8 Å². The molecule has 3 nitrogen and oxygen atoms in total. The van der Waals surface area contributed by atoms with E-state index in [1.807, 2.05) is 18.8 Å². The number of hydrogen-bond donors (Lipinski definition) is 1. The zero-order valence-corrected chi connectivity index (χ0v) is 7.97. The van der Waals surface area contributed by atoms with Crippen molar-refractivity contribution in [3.8, 4) is 0 Å². The average Bonchev–Trinajstić information content (AvgIpc) is 1.66. The van der Waals surface area contributed by atoms with E-state index in [1.54, 1.807) is 0 Å². The van der Waals surface area contributed by atoms with Gasteiger partial charge in [-0.1, -0.05) is 9.39 Å². The highest BCUT2D eigenvalue weighted by Gasteiger charge is 1.76. The largest absolute Gasteiger partial charge is 0.263 e. The predicted octanol–water partition coefficient (Wildman–Crippen LogP) is 1.48. The molecule has 1 N–H and O–H groups in total. The summed E-state index contributed by atoms with van der Waals surface area (Å²) in [6.45, 7) is 0. The quantitative estimate of drug-likeness (QED) is 0.648. The van der Waals surface area contributed by atoms with Gasteiger partial charge in [0.05, 0.1) is 17.4 Å². The van der Waals surface area contributed by atoms with Gasteiger partial charge in [0.1, 0.15) is 0 Å². The van der Waals surface area contributed by atoms with Crippen molar-refractivity contribution < 1.29 is 0 Å². The first-order valence-electron chi connectivity index (χ1n) is 2.06. The summed E-state index contributed by atoms with van der Waals surface area (Å²) in [6.07, 6.45) is 0. The first-order valence-corrected chi connectivity index (χ1v) is 4.38. The van der Waals surface area contributed by atoms with Gasteiger partial charge in [-0.3, -0.25) is 4.86 Å². The highest BCUT2D eigenvalue weighted by molar-refractivity contribution is 7.48. The third kappa shape index (κ3) is 6.88. The van der Waals surface area contributed by atoms with Gasteiger partial charge in [0.2, 0.25) is 0 Å². The van der Waals surface area contributed by atoms with Gasteiger partial charge in [-0.2, -0.15) is 0 Å². The molecule has 0 saturated heterocycles. The van der Waals surface area contributed by atoms with Crippen LogP contribution in [0.1, 0.15) is 0 Å². The summed E-state index contributed by atoms with van der Waals surface area (Å²) < 4.78 is 6.08. The molecule has 0 aromatic rings. The van der Waals surface area contributed by atoms with E-state index in [1.165, 1.54) is 0 Å². The second-order valence-electron chi connectivity index (χ2n) is 1.29. The molecule has 8 heavy (non-hydrogen) atoms. The molecule has 0 rings (SSSR count). The third-order valence-corrected chi connectivity index (χ3v) is 1.97. The molecule has 0 heterocycles. The molecule has 0 radical (unpaired) electrons. The van der Waals surface area contributed by atoms with Gasteiger partial charge < -0.3 is 0 Å². The van der Waals surface area contributed by atoms with Crippen molar-refractivity contribution in [3.63, 3.8) is 0 Å². The second kappa shape index (κ2) is 6.01. The lowest BCUT2D eigenvalue weighted by molar-refractivity contribution is 0.697. The number of nitrogens with one attached hydrogen (secondary N) is 1. The van der Waals surface area contributed by atoms with Crippen LogP contribution in [0.2, 0.25) is 0 Å². The standard InChI is InChI=1S/C2H10N3P3/c1-5(2)8-4-7-3-6/h3,7H,6H2,1-2H3. The molecule has 0 spiro atoms. The summed E-state index contributed by atoms with van der Waals surface area (Å²) in [5.74, 6) is 0. The first-order chi connectivity index (χ1) is 3.77. The van der Waals surface area contributed by atoms with Crippen molar-refractivity contribution in [2.24, 2.45) is 4.52 Å². The highest BCUT2D eigenvalue weighted by atomic mass is 31.1. The Morgan fingerprint density at radius 2 is 2.38 bits per heavy atom. The Morgan fingerprint density at radius 3 is 2.75 bits per heavy atom. The number of rotatable bonds is 3. The summed E-state index contributed by atoms with van der Waals surface area (Å²) in [4.78, 5) is 2.87. The van der Waals surface area contributed by atoms with E-state index in [4.69, 9.17) is 0 Å². The van der Waals surface area contributed by atoms with E-state index in [2.05, 4.69) is 18.8 Å². The Hall–Kier alpha value is 0.880. The zero-order chi connectivity index (χ0) is 6.41. The molecule has 0 aromatic heterocycles. The molecule has 0 saturated carbocycles. The summed E-state index contributed by atoms with van der Waals surface area (Å²) >= 11 is 0. The van der Waals surface area contributed by atoms with E-state index < -0.39 is 0 Å². The SMILES string of the molecule is CN(C)P=NPNP.